The highest BCUT2D eigenvalue weighted by Gasteiger charge is 2.31. The van der Waals surface area contributed by atoms with Crippen LogP contribution in [-0.4, -0.2) is 21.4 Å². The van der Waals surface area contributed by atoms with Crippen LogP contribution in [0.25, 0.3) is 11.3 Å². The van der Waals surface area contributed by atoms with Gasteiger partial charge in [0.15, 0.2) is 0 Å². The molecule has 5 heteroatoms. The summed E-state index contributed by atoms with van der Waals surface area (Å²) < 4.78 is 0. The number of aromatic nitrogens is 1. The van der Waals surface area contributed by atoms with Crippen molar-refractivity contribution < 1.29 is 9.59 Å². The molecule has 0 radical (unpaired) electrons. The number of hydrogen-bond donors (Lipinski definition) is 1. The van der Waals surface area contributed by atoms with Gasteiger partial charge in [0, 0.05) is 11.8 Å². The first-order valence-corrected chi connectivity index (χ1v) is 7.12. The van der Waals surface area contributed by atoms with Gasteiger partial charge in [-0.3, -0.25) is 19.9 Å². The van der Waals surface area contributed by atoms with Gasteiger partial charge in [-0.1, -0.05) is 42.1 Å². The number of imide groups is 1. The lowest BCUT2D eigenvalue weighted by Gasteiger charge is -2.06. The van der Waals surface area contributed by atoms with Crippen LogP contribution in [-0.2, 0) is 11.2 Å². The maximum atomic E-state index is 11.5. The van der Waals surface area contributed by atoms with Gasteiger partial charge in [-0.05, 0) is 24.1 Å². The first kappa shape index (κ1) is 12.9. The monoisotopic (exact) mass is 284 g/mol. The largest absolute Gasteiger partial charge is 0.286 e. The van der Waals surface area contributed by atoms with Crippen molar-refractivity contribution in [2.45, 2.75) is 11.7 Å². The van der Waals surface area contributed by atoms with E-state index in [0.29, 0.717) is 6.42 Å². The second kappa shape index (κ2) is 5.46. The minimum atomic E-state index is -0.316. The summed E-state index contributed by atoms with van der Waals surface area (Å²) in [5.74, 6) is -0.200. The van der Waals surface area contributed by atoms with Crippen LogP contribution in [0.3, 0.4) is 0 Å². The van der Waals surface area contributed by atoms with E-state index in [1.165, 1.54) is 0 Å². The zero-order valence-electron chi connectivity index (χ0n) is 10.6. The molecule has 2 aromatic rings. The highest BCUT2D eigenvalue weighted by molar-refractivity contribution is 8.15. The maximum absolute atomic E-state index is 11.5. The van der Waals surface area contributed by atoms with E-state index in [2.05, 4.69) is 10.3 Å². The molecule has 100 valence electrons. The van der Waals surface area contributed by atoms with E-state index in [9.17, 15) is 9.59 Å². The van der Waals surface area contributed by atoms with Crippen LogP contribution < -0.4 is 5.32 Å². The van der Waals surface area contributed by atoms with Crippen LogP contribution in [0.2, 0.25) is 0 Å². The highest BCUT2D eigenvalue weighted by atomic mass is 32.2. The molecule has 1 unspecified atom stereocenters. The van der Waals surface area contributed by atoms with Crippen LogP contribution in [0.1, 0.15) is 5.56 Å². The second-order valence-electron chi connectivity index (χ2n) is 4.50. The quantitative estimate of drug-likeness (QED) is 0.941. The Bertz CT molecular complexity index is 641. The fraction of sp³-hybridized carbons (Fsp3) is 0.133. The SMILES string of the molecule is O=C1NC(=O)C(Cc2ccc(-c3ccccn3)cc2)S1. The highest BCUT2D eigenvalue weighted by Crippen LogP contribution is 2.24. The summed E-state index contributed by atoms with van der Waals surface area (Å²) in [5.41, 5.74) is 2.99. The van der Waals surface area contributed by atoms with Crippen molar-refractivity contribution >= 4 is 22.9 Å². The van der Waals surface area contributed by atoms with Crippen molar-refractivity contribution in [3.63, 3.8) is 0 Å². The van der Waals surface area contributed by atoms with E-state index in [1.54, 1.807) is 6.20 Å². The Morgan fingerprint density at radius 3 is 2.50 bits per heavy atom. The van der Waals surface area contributed by atoms with Crippen molar-refractivity contribution in [2.24, 2.45) is 0 Å². The van der Waals surface area contributed by atoms with E-state index < -0.39 is 0 Å². The fourth-order valence-corrected chi connectivity index (χ4v) is 2.95. The molecule has 0 aliphatic carbocycles. The Balaban J connectivity index is 1.74. The third kappa shape index (κ3) is 2.72. The number of thioether (sulfide) groups is 1. The van der Waals surface area contributed by atoms with Crippen molar-refractivity contribution in [3.8, 4) is 11.3 Å². The summed E-state index contributed by atoms with van der Waals surface area (Å²) in [6.45, 7) is 0. The predicted octanol–water partition coefficient (Wildman–Crippen LogP) is 2.64. The number of amides is 2. The second-order valence-corrected chi connectivity index (χ2v) is 5.67. The molecule has 1 aliphatic rings. The number of carbonyl (C=O) groups excluding carboxylic acids is 2. The molecule has 1 aromatic carbocycles. The summed E-state index contributed by atoms with van der Waals surface area (Å²) >= 11 is 1.06. The molecular formula is C15H12N2O2S. The van der Waals surface area contributed by atoms with Crippen molar-refractivity contribution in [3.05, 3.63) is 54.2 Å². The Hall–Kier alpha value is -2.14. The van der Waals surface area contributed by atoms with Gasteiger partial charge in [0.1, 0.15) is 0 Å². The lowest BCUT2D eigenvalue weighted by Crippen LogP contribution is -2.25. The van der Waals surface area contributed by atoms with E-state index in [-0.39, 0.29) is 16.4 Å². The Kier molecular flexibility index (Phi) is 3.52. The number of benzene rings is 1. The molecule has 3 rings (SSSR count). The number of nitrogens with one attached hydrogen (secondary N) is 1. The van der Waals surface area contributed by atoms with Gasteiger partial charge in [-0.2, -0.15) is 0 Å². The minimum Gasteiger partial charge on any atom is -0.286 e. The third-order valence-corrected chi connectivity index (χ3v) is 4.08. The van der Waals surface area contributed by atoms with E-state index in [0.717, 1.165) is 28.6 Å². The van der Waals surface area contributed by atoms with Crippen LogP contribution in [0, 0.1) is 0 Å². The number of hydrogen-bond acceptors (Lipinski definition) is 4. The number of rotatable bonds is 3. The lowest BCUT2D eigenvalue weighted by atomic mass is 10.0. The van der Waals surface area contributed by atoms with Gasteiger partial charge < -0.3 is 0 Å². The standard InChI is InChI=1S/C15H12N2O2S/c18-14-13(20-15(19)17-14)9-10-4-6-11(7-5-10)12-3-1-2-8-16-12/h1-8,13H,9H2,(H,17,18,19). The Labute approximate surface area is 120 Å². The lowest BCUT2D eigenvalue weighted by molar-refractivity contribution is -0.118. The molecular weight excluding hydrogens is 272 g/mol. The topological polar surface area (TPSA) is 59.1 Å². The average Bonchev–Trinajstić information content (AvgIpc) is 2.79. The van der Waals surface area contributed by atoms with Crippen LogP contribution in [0.4, 0.5) is 4.79 Å². The molecule has 1 saturated heterocycles. The summed E-state index contributed by atoms with van der Waals surface area (Å²) in [7, 11) is 0. The zero-order valence-corrected chi connectivity index (χ0v) is 11.4. The van der Waals surface area contributed by atoms with Crippen molar-refractivity contribution in [2.75, 3.05) is 0 Å². The smallest absolute Gasteiger partial charge is 0.286 e. The van der Waals surface area contributed by atoms with Crippen LogP contribution >= 0.6 is 11.8 Å². The first-order valence-electron chi connectivity index (χ1n) is 6.24. The molecule has 2 heterocycles. The zero-order chi connectivity index (χ0) is 13.9. The Morgan fingerprint density at radius 1 is 1.10 bits per heavy atom. The minimum absolute atomic E-state index is 0.200. The normalized spacial score (nSPS) is 18.1. The van der Waals surface area contributed by atoms with Gasteiger partial charge in [0.05, 0.1) is 10.9 Å². The van der Waals surface area contributed by atoms with E-state index >= 15 is 0 Å². The molecule has 0 spiro atoms. The van der Waals surface area contributed by atoms with E-state index in [1.807, 2.05) is 42.5 Å². The average molecular weight is 284 g/mol. The Morgan fingerprint density at radius 2 is 1.90 bits per heavy atom. The molecule has 1 aromatic heterocycles. The summed E-state index contributed by atoms with van der Waals surface area (Å²) in [6.07, 6.45) is 2.32. The first-order chi connectivity index (χ1) is 9.72. The molecule has 1 N–H and O–H groups in total. The predicted molar refractivity (Wildman–Crippen MR) is 78.3 cm³/mol. The van der Waals surface area contributed by atoms with E-state index in [4.69, 9.17) is 0 Å². The third-order valence-electron chi connectivity index (χ3n) is 3.10. The van der Waals surface area contributed by atoms with Crippen molar-refractivity contribution in [1.29, 1.82) is 0 Å². The molecule has 1 atom stereocenters. The molecule has 0 saturated carbocycles. The summed E-state index contributed by atoms with van der Waals surface area (Å²) in [4.78, 5) is 26.9. The fourth-order valence-electron chi connectivity index (χ4n) is 2.09. The number of pyridine rings is 1. The number of nitrogens with zero attached hydrogens (tertiary/aromatic N) is 1. The molecule has 20 heavy (non-hydrogen) atoms. The van der Waals surface area contributed by atoms with Gasteiger partial charge in [0.2, 0.25) is 5.91 Å². The van der Waals surface area contributed by atoms with Gasteiger partial charge >= 0.3 is 0 Å². The maximum Gasteiger partial charge on any atom is 0.286 e. The summed E-state index contributed by atoms with van der Waals surface area (Å²) in [5, 5.41) is 1.72. The molecule has 2 amide bonds. The molecule has 1 fully saturated rings. The van der Waals surface area contributed by atoms with Gasteiger partial charge in [-0.25, -0.2) is 0 Å². The van der Waals surface area contributed by atoms with Gasteiger partial charge in [0.25, 0.3) is 5.24 Å². The molecule has 0 bridgehead atoms. The molecule has 1 aliphatic heterocycles. The molecule has 4 nitrogen and oxygen atoms in total. The van der Waals surface area contributed by atoms with Crippen LogP contribution in [0.5, 0.6) is 0 Å². The number of carbonyl (C=O) groups is 2. The van der Waals surface area contributed by atoms with Gasteiger partial charge in [-0.15, -0.1) is 0 Å². The van der Waals surface area contributed by atoms with Crippen molar-refractivity contribution in [1.82, 2.24) is 10.3 Å². The van der Waals surface area contributed by atoms with Crippen LogP contribution in [0.15, 0.2) is 48.7 Å². The summed E-state index contributed by atoms with van der Waals surface area (Å²) in [6, 6.07) is 13.7.